The first-order valence-electron chi connectivity index (χ1n) is 3.54. The van der Waals surface area contributed by atoms with E-state index in [9.17, 15) is 0 Å². The van der Waals surface area contributed by atoms with Gasteiger partial charge in [0.2, 0.25) is 0 Å². The summed E-state index contributed by atoms with van der Waals surface area (Å²) in [5, 5.41) is 0. The van der Waals surface area contributed by atoms with Crippen molar-refractivity contribution in [3.63, 3.8) is 0 Å². The van der Waals surface area contributed by atoms with E-state index in [0.29, 0.717) is 19.0 Å². The second-order valence-electron chi connectivity index (χ2n) is 2.37. The van der Waals surface area contributed by atoms with Crippen LogP contribution >= 0.6 is 0 Å². The van der Waals surface area contributed by atoms with E-state index in [-0.39, 0.29) is 0 Å². The van der Waals surface area contributed by atoms with Crippen LogP contribution in [0.3, 0.4) is 0 Å². The lowest BCUT2D eigenvalue weighted by Gasteiger charge is -2.19. The Balaban J connectivity index is 2.90. The lowest BCUT2D eigenvalue weighted by molar-refractivity contribution is 0.0746. The van der Waals surface area contributed by atoms with Crippen LogP contribution in [0, 0.1) is 0 Å². The molecule has 0 atom stereocenters. The molecule has 0 saturated heterocycles. The molecule has 0 spiro atoms. The van der Waals surface area contributed by atoms with E-state index in [0.717, 1.165) is 11.3 Å². The zero-order chi connectivity index (χ0) is 8.27. The highest BCUT2D eigenvalue weighted by molar-refractivity contribution is 5.29. The summed E-state index contributed by atoms with van der Waals surface area (Å²) in [4.78, 5) is 0. The monoisotopic (exact) mass is 152 g/mol. The van der Waals surface area contributed by atoms with E-state index in [2.05, 4.69) is 13.2 Å². The smallest absolute Gasteiger partial charge is 0.163 e. The molecule has 0 unspecified atom stereocenters. The van der Waals surface area contributed by atoms with Gasteiger partial charge < -0.3 is 9.47 Å². The molecule has 1 aliphatic rings. The molecule has 0 saturated carbocycles. The molecule has 0 N–H and O–H groups in total. The molecule has 2 nitrogen and oxygen atoms in total. The van der Waals surface area contributed by atoms with E-state index >= 15 is 0 Å². The van der Waals surface area contributed by atoms with Crippen molar-refractivity contribution in [2.45, 2.75) is 6.92 Å². The van der Waals surface area contributed by atoms with Crippen LogP contribution in [-0.4, -0.2) is 13.2 Å². The first-order valence-corrected chi connectivity index (χ1v) is 3.54. The number of ether oxygens (including phenoxy) is 2. The Hall–Kier alpha value is -1.18. The minimum atomic E-state index is 0.595. The molecular formula is C9H12O2. The van der Waals surface area contributed by atoms with Gasteiger partial charge in [0.15, 0.2) is 11.5 Å². The van der Waals surface area contributed by atoms with Gasteiger partial charge in [0.05, 0.1) is 0 Å². The van der Waals surface area contributed by atoms with E-state index in [1.807, 2.05) is 6.92 Å². The standard InChI is InChI=1S/C9H12O2/c1-4-8-9(7(2)3)11-6-5-10-8/h4H,1-2,5-6H2,3H3. The molecule has 0 aromatic carbocycles. The van der Waals surface area contributed by atoms with Crippen molar-refractivity contribution >= 4 is 0 Å². The summed E-state index contributed by atoms with van der Waals surface area (Å²) in [5.74, 6) is 1.43. The van der Waals surface area contributed by atoms with Gasteiger partial charge in [0.25, 0.3) is 0 Å². The predicted octanol–water partition coefficient (Wildman–Crippen LogP) is 2.01. The molecule has 0 aromatic heterocycles. The molecule has 0 aliphatic carbocycles. The molecule has 0 amide bonds. The summed E-state index contributed by atoms with van der Waals surface area (Å²) in [6, 6.07) is 0. The fourth-order valence-corrected chi connectivity index (χ4v) is 0.917. The average molecular weight is 152 g/mol. The van der Waals surface area contributed by atoms with Crippen molar-refractivity contribution in [2.75, 3.05) is 13.2 Å². The van der Waals surface area contributed by atoms with Crippen LogP contribution in [0.2, 0.25) is 0 Å². The van der Waals surface area contributed by atoms with E-state index < -0.39 is 0 Å². The van der Waals surface area contributed by atoms with Crippen molar-refractivity contribution in [2.24, 2.45) is 0 Å². The molecule has 0 bridgehead atoms. The second-order valence-corrected chi connectivity index (χ2v) is 2.37. The number of hydrogen-bond acceptors (Lipinski definition) is 2. The van der Waals surface area contributed by atoms with Crippen LogP contribution in [0.4, 0.5) is 0 Å². The van der Waals surface area contributed by atoms with Crippen molar-refractivity contribution in [3.05, 3.63) is 36.3 Å². The van der Waals surface area contributed by atoms with Crippen LogP contribution in [-0.2, 0) is 9.47 Å². The maximum Gasteiger partial charge on any atom is 0.163 e. The molecular weight excluding hydrogens is 140 g/mol. The van der Waals surface area contributed by atoms with Crippen molar-refractivity contribution in [1.29, 1.82) is 0 Å². The van der Waals surface area contributed by atoms with Crippen molar-refractivity contribution in [1.82, 2.24) is 0 Å². The molecule has 0 aromatic rings. The SMILES string of the molecule is C=CC1=C(C(=C)C)OCCO1. The minimum Gasteiger partial charge on any atom is -0.486 e. The van der Waals surface area contributed by atoms with Crippen LogP contribution in [0.5, 0.6) is 0 Å². The number of allylic oxidation sites excluding steroid dienone is 2. The first-order chi connectivity index (χ1) is 5.25. The molecule has 1 aliphatic heterocycles. The second kappa shape index (κ2) is 3.28. The highest BCUT2D eigenvalue weighted by Crippen LogP contribution is 2.19. The maximum atomic E-state index is 5.33. The lowest BCUT2D eigenvalue weighted by atomic mass is 10.2. The van der Waals surface area contributed by atoms with E-state index in [4.69, 9.17) is 9.47 Å². The van der Waals surface area contributed by atoms with Crippen LogP contribution in [0.15, 0.2) is 36.3 Å². The Labute approximate surface area is 66.8 Å². The van der Waals surface area contributed by atoms with Crippen molar-refractivity contribution in [3.8, 4) is 0 Å². The van der Waals surface area contributed by atoms with E-state index in [1.54, 1.807) is 6.08 Å². The van der Waals surface area contributed by atoms with Gasteiger partial charge in [-0.2, -0.15) is 0 Å². The minimum absolute atomic E-state index is 0.595. The zero-order valence-electron chi connectivity index (χ0n) is 6.72. The van der Waals surface area contributed by atoms with Gasteiger partial charge >= 0.3 is 0 Å². The Morgan fingerprint density at radius 2 is 2.09 bits per heavy atom. The average Bonchev–Trinajstić information content (AvgIpc) is 2.04. The van der Waals surface area contributed by atoms with Gasteiger partial charge in [-0.3, -0.25) is 0 Å². The topological polar surface area (TPSA) is 18.5 Å². The van der Waals surface area contributed by atoms with Gasteiger partial charge in [-0.05, 0) is 18.6 Å². The predicted molar refractivity (Wildman–Crippen MR) is 43.9 cm³/mol. The molecule has 1 heterocycles. The van der Waals surface area contributed by atoms with E-state index in [1.165, 1.54) is 0 Å². The highest BCUT2D eigenvalue weighted by Gasteiger charge is 2.12. The van der Waals surface area contributed by atoms with Gasteiger partial charge in [0.1, 0.15) is 13.2 Å². The maximum absolute atomic E-state index is 5.33. The molecule has 0 fully saturated rings. The molecule has 1 rings (SSSR count). The Bertz CT molecular complexity index is 214. The molecule has 60 valence electrons. The normalized spacial score (nSPS) is 16.8. The largest absolute Gasteiger partial charge is 0.486 e. The summed E-state index contributed by atoms with van der Waals surface area (Å²) in [7, 11) is 0. The van der Waals surface area contributed by atoms with Crippen LogP contribution in [0.25, 0.3) is 0 Å². The number of rotatable bonds is 2. The van der Waals surface area contributed by atoms with Gasteiger partial charge in [-0.15, -0.1) is 0 Å². The third-order valence-electron chi connectivity index (χ3n) is 1.38. The summed E-state index contributed by atoms with van der Waals surface area (Å²) >= 11 is 0. The summed E-state index contributed by atoms with van der Waals surface area (Å²) in [5.41, 5.74) is 0.875. The zero-order valence-corrected chi connectivity index (χ0v) is 6.72. The van der Waals surface area contributed by atoms with Crippen molar-refractivity contribution < 1.29 is 9.47 Å². The molecule has 11 heavy (non-hydrogen) atoms. The van der Waals surface area contributed by atoms with Crippen LogP contribution < -0.4 is 0 Å². The third-order valence-corrected chi connectivity index (χ3v) is 1.38. The fraction of sp³-hybridized carbons (Fsp3) is 0.333. The summed E-state index contributed by atoms with van der Waals surface area (Å²) in [6.45, 7) is 10.5. The van der Waals surface area contributed by atoms with Gasteiger partial charge in [-0.25, -0.2) is 0 Å². The molecule has 2 heteroatoms. The quantitative estimate of drug-likeness (QED) is 0.602. The summed E-state index contributed by atoms with van der Waals surface area (Å²) in [6.07, 6.45) is 1.64. The first kappa shape index (κ1) is 7.92. The van der Waals surface area contributed by atoms with Gasteiger partial charge in [-0.1, -0.05) is 13.2 Å². The van der Waals surface area contributed by atoms with Crippen LogP contribution in [0.1, 0.15) is 6.92 Å². The lowest BCUT2D eigenvalue weighted by Crippen LogP contribution is -2.13. The van der Waals surface area contributed by atoms with Gasteiger partial charge in [0, 0.05) is 0 Å². The Morgan fingerprint density at radius 3 is 2.55 bits per heavy atom. The highest BCUT2D eigenvalue weighted by atomic mass is 16.6. The fourth-order valence-electron chi connectivity index (χ4n) is 0.917. The Morgan fingerprint density at radius 1 is 1.45 bits per heavy atom. The molecule has 0 radical (unpaired) electrons. The number of hydrogen-bond donors (Lipinski definition) is 0. The third kappa shape index (κ3) is 1.64. The summed E-state index contributed by atoms with van der Waals surface area (Å²) < 4.78 is 10.6. The Kier molecular flexibility index (Phi) is 2.36.